The SMILES string of the molecule is C=C1CC(OC(C)=O)[C@@H]2O[C@@H]2C[C@@H]([C@@H](O)/C=C/[C@@H]2CC(C)=CCO2)OC(=O)/C=C\C[C@@H]2C=CC[C@@H](C[C@@H](C)C1)O2. The molecule has 0 aliphatic carbocycles. The molecule has 4 aliphatic heterocycles. The maximum atomic E-state index is 12.8. The van der Waals surface area contributed by atoms with Gasteiger partial charge in [0.15, 0.2) is 0 Å². The number of epoxide rings is 1. The Balaban J connectivity index is 1.50. The fourth-order valence-electron chi connectivity index (χ4n) is 5.75. The van der Waals surface area contributed by atoms with Crippen LogP contribution in [-0.4, -0.2) is 72.5 Å². The second-order valence-electron chi connectivity index (χ2n) is 11.6. The van der Waals surface area contributed by atoms with Crippen molar-refractivity contribution in [2.45, 2.75) is 115 Å². The van der Waals surface area contributed by atoms with E-state index in [4.69, 9.17) is 23.7 Å². The van der Waals surface area contributed by atoms with Crippen LogP contribution in [0.2, 0.25) is 0 Å². The van der Waals surface area contributed by atoms with Crippen LogP contribution in [0, 0.1) is 5.92 Å². The summed E-state index contributed by atoms with van der Waals surface area (Å²) in [7, 11) is 0. The lowest BCUT2D eigenvalue weighted by atomic mass is 9.90. The highest BCUT2D eigenvalue weighted by molar-refractivity contribution is 5.82. The summed E-state index contributed by atoms with van der Waals surface area (Å²) in [6.07, 6.45) is 14.1. The van der Waals surface area contributed by atoms with Gasteiger partial charge in [-0.05, 0) is 44.9 Å². The first-order chi connectivity index (χ1) is 19.2. The molecule has 0 amide bonds. The van der Waals surface area contributed by atoms with Gasteiger partial charge in [0.25, 0.3) is 0 Å². The molecule has 2 bridgehead atoms. The van der Waals surface area contributed by atoms with Gasteiger partial charge in [-0.3, -0.25) is 4.79 Å². The van der Waals surface area contributed by atoms with Crippen molar-refractivity contribution in [2.24, 2.45) is 5.92 Å². The molecule has 1 fully saturated rings. The van der Waals surface area contributed by atoms with Crippen LogP contribution in [0.4, 0.5) is 0 Å². The summed E-state index contributed by atoms with van der Waals surface area (Å²) >= 11 is 0. The van der Waals surface area contributed by atoms with Gasteiger partial charge >= 0.3 is 11.9 Å². The highest BCUT2D eigenvalue weighted by Gasteiger charge is 2.48. The fourth-order valence-corrected chi connectivity index (χ4v) is 5.75. The Morgan fingerprint density at radius 2 is 2.00 bits per heavy atom. The Bertz CT molecular complexity index is 1030. The van der Waals surface area contributed by atoms with Crippen LogP contribution in [0.15, 0.2) is 60.3 Å². The first-order valence-corrected chi connectivity index (χ1v) is 14.5. The number of esters is 2. The van der Waals surface area contributed by atoms with Gasteiger partial charge in [0.1, 0.15) is 24.4 Å². The monoisotopic (exact) mass is 556 g/mol. The van der Waals surface area contributed by atoms with Crippen molar-refractivity contribution in [3.05, 3.63) is 60.3 Å². The molecule has 4 heterocycles. The lowest BCUT2D eigenvalue weighted by Crippen LogP contribution is -2.33. The smallest absolute Gasteiger partial charge is 0.330 e. The Kier molecular flexibility index (Phi) is 11.0. The molecule has 0 aromatic heterocycles. The van der Waals surface area contributed by atoms with Gasteiger partial charge in [-0.15, -0.1) is 0 Å². The average molecular weight is 557 g/mol. The van der Waals surface area contributed by atoms with Crippen molar-refractivity contribution in [1.82, 2.24) is 0 Å². The Hall–Kier alpha value is -2.52. The molecule has 0 aromatic carbocycles. The third-order valence-corrected chi connectivity index (χ3v) is 7.74. The fraction of sp³-hybridized carbons (Fsp3) is 0.625. The number of aliphatic hydroxyl groups excluding tert-OH is 1. The molecule has 1 saturated heterocycles. The Morgan fingerprint density at radius 3 is 2.77 bits per heavy atom. The third kappa shape index (κ3) is 9.54. The molecule has 1 unspecified atom stereocenters. The molecule has 9 atom stereocenters. The van der Waals surface area contributed by atoms with E-state index in [1.165, 1.54) is 18.6 Å². The van der Waals surface area contributed by atoms with Crippen LogP contribution in [0.25, 0.3) is 0 Å². The van der Waals surface area contributed by atoms with Crippen molar-refractivity contribution >= 4 is 11.9 Å². The molecule has 8 heteroatoms. The van der Waals surface area contributed by atoms with Crippen LogP contribution in [0.3, 0.4) is 0 Å². The number of fused-ring (bicyclic) bond motifs is 3. The summed E-state index contributed by atoms with van der Waals surface area (Å²) in [6.45, 7) is 10.4. The summed E-state index contributed by atoms with van der Waals surface area (Å²) in [6, 6.07) is 0. The molecule has 0 radical (unpaired) electrons. The van der Waals surface area contributed by atoms with Gasteiger partial charge in [0, 0.05) is 25.8 Å². The molecule has 8 nitrogen and oxygen atoms in total. The highest BCUT2D eigenvalue weighted by atomic mass is 16.6. The summed E-state index contributed by atoms with van der Waals surface area (Å²) in [5.74, 6) is -0.580. The zero-order valence-electron chi connectivity index (χ0n) is 23.9. The minimum Gasteiger partial charge on any atom is -0.459 e. The number of cyclic esters (lactones) is 1. The molecule has 0 aromatic rings. The largest absolute Gasteiger partial charge is 0.459 e. The number of carbonyl (C=O) groups is 2. The average Bonchev–Trinajstić information content (AvgIpc) is 3.65. The van der Waals surface area contributed by atoms with Crippen molar-refractivity contribution < 1.29 is 38.4 Å². The maximum Gasteiger partial charge on any atom is 0.330 e. The maximum absolute atomic E-state index is 12.8. The Labute approximate surface area is 237 Å². The van der Waals surface area contributed by atoms with Gasteiger partial charge < -0.3 is 28.8 Å². The number of hydrogen-bond donors (Lipinski definition) is 1. The van der Waals surface area contributed by atoms with E-state index in [1.807, 2.05) is 25.2 Å². The number of ether oxygens (including phenoxy) is 5. The minimum absolute atomic E-state index is 0.0937. The quantitative estimate of drug-likeness (QED) is 0.303. The number of hydrogen-bond acceptors (Lipinski definition) is 8. The molecule has 0 spiro atoms. The van der Waals surface area contributed by atoms with E-state index < -0.39 is 24.3 Å². The van der Waals surface area contributed by atoms with Crippen molar-refractivity contribution in [2.75, 3.05) is 6.61 Å². The summed E-state index contributed by atoms with van der Waals surface area (Å²) in [5, 5.41) is 11.0. The van der Waals surface area contributed by atoms with E-state index in [9.17, 15) is 14.7 Å². The van der Waals surface area contributed by atoms with Gasteiger partial charge in [-0.1, -0.05) is 61.1 Å². The lowest BCUT2D eigenvalue weighted by molar-refractivity contribution is -0.148. The van der Waals surface area contributed by atoms with Crippen LogP contribution in [-0.2, 0) is 33.3 Å². The van der Waals surface area contributed by atoms with Crippen LogP contribution in [0.1, 0.15) is 65.7 Å². The number of rotatable bonds is 4. The van der Waals surface area contributed by atoms with E-state index in [-0.39, 0.29) is 42.9 Å². The molecular formula is C32H44O8. The van der Waals surface area contributed by atoms with E-state index in [0.29, 0.717) is 25.4 Å². The molecule has 1 N–H and O–H groups in total. The molecule has 40 heavy (non-hydrogen) atoms. The zero-order chi connectivity index (χ0) is 28.6. The first kappa shape index (κ1) is 30.4. The second-order valence-corrected chi connectivity index (χ2v) is 11.6. The number of carbonyl (C=O) groups excluding carboxylic acids is 2. The normalized spacial score (nSPS) is 37.4. The predicted octanol–water partition coefficient (Wildman–Crippen LogP) is 4.68. The van der Waals surface area contributed by atoms with Gasteiger partial charge in [0.2, 0.25) is 0 Å². The van der Waals surface area contributed by atoms with Crippen LogP contribution < -0.4 is 0 Å². The summed E-state index contributed by atoms with van der Waals surface area (Å²) in [5.41, 5.74) is 2.22. The molecular weight excluding hydrogens is 512 g/mol. The third-order valence-electron chi connectivity index (χ3n) is 7.74. The predicted molar refractivity (Wildman–Crippen MR) is 150 cm³/mol. The van der Waals surface area contributed by atoms with E-state index >= 15 is 0 Å². The van der Waals surface area contributed by atoms with Crippen LogP contribution >= 0.6 is 0 Å². The topological polar surface area (TPSA) is 104 Å². The van der Waals surface area contributed by atoms with Crippen molar-refractivity contribution in [3.63, 3.8) is 0 Å². The molecule has 4 aliphatic rings. The highest BCUT2D eigenvalue weighted by Crippen LogP contribution is 2.36. The lowest BCUT2D eigenvalue weighted by Gasteiger charge is -2.28. The van der Waals surface area contributed by atoms with Gasteiger partial charge in [0.05, 0.1) is 31.0 Å². The number of aliphatic hydroxyl groups is 1. The standard InChI is InChI=1S/C32H44O8/c1-20-13-14-36-25(16-20)11-12-27(34)28-19-30-32(40-30)29(37-23(4)33)18-22(3)15-21(2)17-26-9-5-7-24(38-26)8-6-10-31(35)39-28/h5-7,10-13,21,24-30,32,34H,3,8-9,14-19H2,1-2,4H3/b10-6-,12-11+/t21-,24-,25+,26-,27-,28-,29?,30+,32-/m0/s1. The molecule has 0 saturated carbocycles. The summed E-state index contributed by atoms with van der Waals surface area (Å²) < 4.78 is 29.3. The van der Waals surface area contributed by atoms with E-state index in [1.54, 1.807) is 12.2 Å². The molecule has 4 rings (SSSR count). The van der Waals surface area contributed by atoms with Crippen molar-refractivity contribution in [3.8, 4) is 0 Å². The van der Waals surface area contributed by atoms with E-state index in [0.717, 1.165) is 31.3 Å². The van der Waals surface area contributed by atoms with Gasteiger partial charge in [-0.25, -0.2) is 4.79 Å². The minimum atomic E-state index is -1.06. The van der Waals surface area contributed by atoms with Gasteiger partial charge in [-0.2, -0.15) is 0 Å². The van der Waals surface area contributed by atoms with Crippen molar-refractivity contribution in [1.29, 1.82) is 0 Å². The zero-order valence-corrected chi connectivity index (χ0v) is 23.9. The molecule has 220 valence electrons. The Morgan fingerprint density at radius 1 is 1.18 bits per heavy atom. The van der Waals surface area contributed by atoms with Crippen LogP contribution in [0.5, 0.6) is 0 Å². The first-order valence-electron chi connectivity index (χ1n) is 14.5. The summed E-state index contributed by atoms with van der Waals surface area (Å²) in [4.78, 5) is 24.7. The van der Waals surface area contributed by atoms with E-state index in [2.05, 4.69) is 19.6 Å². The second kappa shape index (κ2) is 14.4.